The molecule has 0 spiro atoms. The summed E-state index contributed by atoms with van der Waals surface area (Å²) in [6, 6.07) is 4.03. The van der Waals surface area contributed by atoms with E-state index in [1.165, 1.54) is 25.6 Å². The zero-order valence-corrected chi connectivity index (χ0v) is 14.5. The number of benzene rings is 1. The molecule has 1 aromatic carbocycles. The number of halogens is 1. The Kier molecular flexibility index (Phi) is 6.53. The largest absolute Gasteiger partial charge is 0.481 e. The predicted molar refractivity (Wildman–Crippen MR) is 95.9 cm³/mol. The van der Waals surface area contributed by atoms with Crippen LogP contribution in [0.25, 0.3) is 0 Å². The second-order valence-electron chi connectivity index (χ2n) is 4.82. The minimum absolute atomic E-state index is 0.0295. The van der Waals surface area contributed by atoms with Crippen molar-refractivity contribution >= 4 is 35.0 Å². The summed E-state index contributed by atoms with van der Waals surface area (Å²) in [5.74, 6) is 0.121. The van der Waals surface area contributed by atoms with Gasteiger partial charge in [0.15, 0.2) is 0 Å². The first-order chi connectivity index (χ1) is 12.5. The zero-order chi connectivity index (χ0) is 19.1. The smallest absolute Gasteiger partial charge is 0.319 e. The summed E-state index contributed by atoms with van der Waals surface area (Å²) in [6.45, 7) is -0.0528. The van der Waals surface area contributed by atoms with Crippen LogP contribution in [0.5, 0.6) is 11.6 Å². The van der Waals surface area contributed by atoms with E-state index in [1.807, 2.05) is 0 Å². The molecule has 10 nitrogen and oxygen atoms in total. The number of hydrogen-bond donors (Lipinski definition) is 5. The number of hydrogen-bond acceptors (Lipinski definition) is 8. The number of ether oxygens (including phenoxy) is 2. The molecule has 1 aromatic heterocycles. The number of anilines is 2. The van der Waals surface area contributed by atoms with Crippen molar-refractivity contribution in [1.82, 2.24) is 15.3 Å². The SMILES string of the molecule is COC(=N)c1c(N)ncnc1Oc1ccc(NC(=O)NCCO)c(Cl)c1. The molecule has 0 aliphatic heterocycles. The van der Waals surface area contributed by atoms with Gasteiger partial charge in [-0.3, -0.25) is 5.41 Å². The maximum atomic E-state index is 11.6. The number of aromatic nitrogens is 2. The fraction of sp³-hybridized carbons (Fsp3) is 0.200. The van der Waals surface area contributed by atoms with E-state index >= 15 is 0 Å². The average molecular weight is 381 g/mol. The first-order valence-electron chi connectivity index (χ1n) is 7.32. The van der Waals surface area contributed by atoms with E-state index in [9.17, 15) is 4.79 Å². The molecule has 26 heavy (non-hydrogen) atoms. The van der Waals surface area contributed by atoms with Gasteiger partial charge in [0.1, 0.15) is 23.5 Å². The molecule has 0 unspecified atom stereocenters. The molecular formula is C15H17ClN6O4. The van der Waals surface area contributed by atoms with Gasteiger partial charge in [-0.05, 0) is 12.1 Å². The molecule has 6 N–H and O–H groups in total. The Morgan fingerprint density at radius 1 is 1.42 bits per heavy atom. The van der Waals surface area contributed by atoms with Gasteiger partial charge in [-0.15, -0.1) is 0 Å². The first kappa shape index (κ1) is 19.2. The van der Waals surface area contributed by atoms with Gasteiger partial charge >= 0.3 is 6.03 Å². The van der Waals surface area contributed by atoms with Crippen LogP contribution in [0.4, 0.5) is 16.3 Å². The van der Waals surface area contributed by atoms with Crippen molar-refractivity contribution in [2.75, 3.05) is 31.3 Å². The predicted octanol–water partition coefficient (Wildman–Crippen LogP) is 1.59. The minimum atomic E-state index is -0.506. The normalized spacial score (nSPS) is 10.1. The highest BCUT2D eigenvalue weighted by Crippen LogP contribution is 2.31. The molecule has 2 amide bonds. The molecule has 0 aliphatic rings. The van der Waals surface area contributed by atoms with Crippen molar-refractivity contribution in [1.29, 1.82) is 5.41 Å². The lowest BCUT2D eigenvalue weighted by atomic mass is 10.2. The van der Waals surface area contributed by atoms with E-state index < -0.39 is 6.03 Å². The molecule has 0 aliphatic carbocycles. The van der Waals surface area contributed by atoms with Gasteiger partial charge in [-0.25, -0.2) is 14.8 Å². The molecule has 0 radical (unpaired) electrons. The number of rotatable bonds is 6. The van der Waals surface area contributed by atoms with Gasteiger partial charge in [0.2, 0.25) is 11.8 Å². The molecule has 0 fully saturated rings. The molecule has 0 bridgehead atoms. The topological polar surface area (TPSA) is 155 Å². The summed E-state index contributed by atoms with van der Waals surface area (Å²) >= 11 is 6.14. The number of nitrogens with two attached hydrogens (primary N) is 1. The van der Waals surface area contributed by atoms with Crippen LogP contribution in [-0.4, -0.2) is 47.3 Å². The van der Waals surface area contributed by atoms with Crippen LogP contribution >= 0.6 is 11.6 Å². The van der Waals surface area contributed by atoms with E-state index in [0.29, 0.717) is 11.4 Å². The Morgan fingerprint density at radius 2 is 2.19 bits per heavy atom. The Morgan fingerprint density at radius 3 is 2.85 bits per heavy atom. The summed E-state index contributed by atoms with van der Waals surface area (Å²) < 4.78 is 10.5. The van der Waals surface area contributed by atoms with E-state index in [-0.39, 0.29) is 41.3 Å². The summed E-state index contributed by atoms with van der Waals surface area (Å²) in [5, 5.41) is 21.6. The van der Waals surface area contributed by atoms with Crippen LogP contribution in [-0.2, 0) is 4.74 Å². The molecule has 11 heteroatoms. The van der Waals surface area contributed by atoms with Gasteiger partial charge in [-0.2, -0.15) is 0 Å². The van der Waals surface area contributed by atoms with Crippen molar-refractivity contribution in [3.63, 3.8) is 0 Å². The van der Waals surface area contributed by atoms with Crippen LogP contribution in [0, 0.1) is 5.41 Å². The number of amides is 2. The second-order valence-corrected chi connectivity index (χ2v) is 5.23. The molecule has 0 saturated carbocycles. The Hall–Kier alpha value is -3.11. The summed E-state index contributed by atoms with van der Waals surface area (Å²) in [5.41, 5.74) is 6.21. The summed E-state index contributed by atoms with van der Waals surface area (Å²) in [7, 11) is 1.32. The maximum Gasteiger partial charge on any atom is 0.319 e. The second kappa shape index (κ2) is 8.83. The number of aliphatic hydroxyl groups is 1. The van der Waals surface area contributed by atoms with E-state index in [2.05, 4.69) is 20.6 Å². The molecule has 1 heterocycles. The van der Waals surface area contributed by atoms with Crippen LogP contribution in [0.1, 0.15) is 5.56 Å². The highest BCUT2D eigenvalue weighted by atomic mass is 35.5. The molecular weight excluding hydrogens is 364 g/mol. The number of nitrogen functional groups attached to an aromatic ring is 1. The van der Waals surface area contributed by atoms with Gasteiger partial charge in [0, 0.05) is 12.6 Å². The first-order valence-corrected chi connectivity index (χ1v) is 7.70. The van der Waals surface area contributed by atoms with Crippen molar-refractivity contribution in [3.8, 4) is 11.6 Å². The zero-order valence-electron chi connectivity index (χ0n) is 13.7. The van der Waals surface area contributed by atoms with Gasteiger partial charge in [0.25, 0.3) is 0 Å². The maximum absolute atomic E-state index is 11.6. The van der Waals surface area contributed by atoms with Gasteiger partial charge in [-0.1, -0.05) is 11.6 Å². The number of methoxy groups -OCH3 is 1. The van der Waals surface area contributed by atoms with Gasteiger partial charge in [0.05, 0.1) is 24.4 Å². The van der Waals surface area contributed by atoms with E-state index in [0.717, 1.165) is 0 Å². The van der Waals surface area contributed by atoms with Crippen molar-refractivity contribution in [3.05, 3.63) is 35.1 Å². The quantitative estimate of drug-likeness (QED) is 0.376. The number of carbonyl (C=O) groups excluding carboxylic acids is 1. The standard InChI is InChI=1S/C15H17ClN6O4/c1-25-13(18)11-12(17)20-7-21-14(11)26-8-2-3-10(9(16)6-8)22-15(24)19-4-5-23/h2-3,6-7,18,23H,4-5H2,1H3,(H2,17,20,21)(H2,19,22,24). The number of urea groups is 1. The van der Waals surface area contributed by atoms with Crippen LogP contribution < -0.4 is 21.1 Å². The average Bonchev–Trinajstić information content (AvgIpc) is 2.62. The lowest BCUT2D eigenvalue weighted by Gasteiger charge is -2.13. The Bertz CT molecular complexity index is 817. The van der Waals surface area contributed by atoms with E-state index in [4.69, 9.17) is 37.3 Å². The molecule has 2 rings (SSSR count). The third-order valence-electron chi connectivity index (χ3n) is 3.07. The van der Waals surface area contributed by atoms with Crippen molar-refractivity contribution < 1.29 is 19.4 Å². The fourth-order valence-electron chi connectivity index (χ4n) is 1.88. The molecule has 0 atom stereocenters. The van der Waals surface area contributed by atoms with Crippen molar-refractivity contribution in [2.45, 2.75) is 0 Å². The Labute approximate surface area is 153 Å². The number of nitrogens with one attached hydrogen (secondary N) is 3. The number of aliphatic hydroxyl groups excluding tert-OH is 1. The minimum Gasteiger partial charge on any atom is -0.481 e. The molecule has 138 valence electrons. The van der Waals surface area contributed by atoms with Crippen LogP contribution in [0.3, 0.4) is 0 Å². The van der Waals surface area contributed by atoms with Gasteiger partial charge < -0.3 is 30.9 Å². The van der Waals surface area contributed by atoms with Crippen LogP contribution in [0.2, 0.25) is 5.02 Å². The molecule has 0 saturated heterocycles. The third kappa shape index (κ3) is 4.71. The summed E-state index contributed by atoms with van der Waals surface area (Å²) in [4.78, 5) is 19.4. The highest BCUT2D eigenvalue weighted by Gasteiger charge is 2.17. The van der Waals surface area contributed by atoms with Crippen LogP contribution in [0.15, 0.2) is 24.5 Å². The fourth-order valence-corrected chi connectivity index (χ4v) is 2.10. The molecule has 2 aromatic rings. The monoisotopic (exact) mass is 380 g/mol. The Balaban J connectivity index is 2.19. The summed E-state index contributed by atoms with van der Waals surface area (Å²) in [6.07, 6.45) is 1.19. The lowest BCUT2D eigenvalue weighted by molar-refractivity contribution is 0.245. The van der Waals surface area contributed by atoms with E-state index in [1.54, 1.807) is 6.07 Å². The van der Waals surface area contributed by atoms with Crippen molar-refractivity contribution in [2.24, 2.45) is 0 Å². The lowest BCUT2D eigenvalue weighted by Crippen LogP contribution is -2.31. The highest BCUT2D eigenvalue weighted by molar-refractivity contribution is 6.33. The third-order valence-corrected chi connectivity index (χ3v) is 3.39. The number of nitrogens with zero attached hydrogens (tertiary/aromatic N) is 2. The number of carbonyl (C=O) groups is 1.